The molecule has 1 amide bonds. The van der Waals surface area contributed by atoms with Crippen molar-refractivity contribution in [1.82, 2.24) is 4.98 Å². The average Bonchev–Trinajstić information content (AvgIpc) is 3.05. The second-order valence-electron chi connectivity index (χ2n) is 5.90. The summed E-state index contributed by atoms with van der Waals surface area (Å²) in [5.74, 6) is -0.803. The molecular formula is C20H19ClN2O3. The van der Waals surface area contributed by atoms with Gasteiger partial charge >= 0.3 is 5.97 Å². The first-order valence-corrected chi connectivity index (χ1v) is 8.76. The summed E-state index contributed by atoms with van der Waals surface area (Å²) in [6.07, 6.45) is 3.66. The maximum absolute atomic E-state index is 11.8. The Bertz CT molecular complexity index is 920. The number of carbonyl (C=O) groups excluding carboxylic acids is 2. The van der Waals surface area contributed by atoms with Crippen LogP contribution in [0.5, 0.6) is 0 Å². The first-order chi connectivity index (χ1) is 12.6. The minimum absolute atomic E-state index is 0.263. The van der Waals surface area contributed by atoms with Crippen molar-refractivity contribution < 1.29 is 14.3 Å². The molecule has 0 unspecified atom stereocenters. The number of hydrogen-bond acceptors (Lipinski definition) is 3. The van der Waals surface area contributed by atoms with E-state index < -0.39 is 5.91 Å². The Kier molecular flexibility index (Phi) is 5.92. The fourth-order valence-corrected chi connectivity index (χ4v) is 2.91. The van der Waals surface area contributed by atoms with Crippen molar-refractivity contribution >= 4 is 40.1 Å². The highest BCUT2D eigenvalue weighted by molar-refractivity contribution is 6.33. The standard InChI is InChI=1S/C20H19ClN2O3/c21-16-8-2-4-10-18(16)23-19(24)13-26-20(25)11-5-6-14-12-22-17-9-3-1-7-15(14)17/h1-4,7-10,12,22H,5-6,11,13H2,(H,23,24). The molecule has 0 fully saturated rings. The molecule has 2 aromatic carbocycles. The van der Waals surface area contributed by atoms with Crippen molar-refractivity contribution in [2.24, 2.45) is 0 Å². The Morgan fingerprint density at radius 1 is 1.08 bits per heavy atom. The largest absolute Gasteiger partial charge is 0.456 e. The lowest BCUT2D eigenvalue weighted by Gasteiger charge is -2.07. The van der Waals surface area contributed by atoms with E-state index in [0.29, 0.717) is 17.1 Å². The summed E-state index contributed by atoms with van der Waals surface area (Å²) in [4.78, 5) is 26.9. The number of para-hydroxylation sites is 2. The van der Waals surface area contributed by atoms with E-state index in [2.05, 4.69) is 16.4 Å². The maximum atomic E-state index is 11.8. The number of rotatable bonds is 7. The van der Waals surface area contributed by atoms with Gasteiger partial charge in [-0.2, -0.15) is 0 Å². The molecule has 3 aromatic rings. The van der Waals surface area contributed by atoms with Gasteiger partial charge in [-0.05, 0) is 36.6 Å². The molecule has 26 heavy (non-hydrogen) atoms. The molecule has 3 rings (SSSR count). The second kappa shape index (κ2) is 8.54. The fourth-order valence-electron chi connectivity index (χ4n) is 2.73. The van der Waals surface area contributed by atoms with Crippen LogP contribution in [0.2, 0.25) is 5.02 Å². The van der Waals surface area contributed by atoms with E-state index in [1.807, 2.05) is 24.4 Å². The first-order valence-electron chi connectivity index (χ1n) is 8.38. The highest BCUT2D eigenvalue weighted by Crippen LogP contribution is 2.21. The first kappa shape index (κ1) is 18.0. The molecule has 0 aliphatic heterocycles. The molecule has 2 N–H and O–H groups in total. The molecule has 0 aliphatic carbocycles. The number of halogens is 1. The number of aromatic amines is 1. The number of ether oxygens (including phenoxy) is 1. The number of amides is 1. The lowest BCUT2D eigenvalue weighted by Crippen LogP contribution is -2.21. The number of benzene rings is 2. The van der Waals surface area contributed by atoms with Crippen LogP contribution in [0, 0.1) is 0 Å². The smallest absolute Gasteiger partial charge is 0.306 e. The molecule has 1 heterocycles. The van der Waals surface area contributed by atoms with Gasteiger partial charge in [0.25, 0.3) is 5.91 Å². The van der Waals surface area contributed by atoms with Gasteiger partial charge in [0.15, 0.2) is 6.61 Å². The number of anilines is 1. The zero-order chi connectivity index (χ0) is 18.4. The molecule has 1 aromatic heterocycles. The van der Waals surface area contributed by atoms with E-state index in [0.717, 1.165) is 11.9 Å². The molecule has 0 saturated heterocycles. The van der Waals surface area contributed by atoms with Crippen LogP contribution in [0.1, 0.15) is 18.4 Å². The summed E-state index contributed by atoms with van der Waals surface area (Å²) in [5, 5.41) is 4.21. The Balaban J connectivity index is 1.40. The van der Waals surface area contributed by atoms with Crippen LogP contribution in [-0.2, 0) is 20.7 Å². The van der Waals surface area contributed by atoms with E-state index in [1.165, 1.54) is 10.9 Å². The molecule has 134 valence electrons. The van der Waals surface area contributed by atoms with Crippen molar-refractivity contribution in [2.45, 2.75) is 19.3 Å². The van der Waals surface area contributed by atoms with Gasteiger partial charge in [0.1, 0.15) is 0 Å². The fraction of sp³-hybridized carbons (Fsp3) is 0.200. The zero-order valence-corrected chi connectivity index (χ0v) is 14.9. The van der Waals surface area contributed by atoms with Crippen molar-refractivity contribution in [3.63, 3.8) is 0 Å². The highest BCUT2D eigenvalue weighted by atomic mass is 35.5. The van der Waals surface area contributed by atoms with E-state index in [-0.39, 0.29) is 19.0 Å². The quantitative estimate of drug-likeness (QED) is 0.608. The van der Waals surface area contributed by atoms with Gasteiger partial charge in [-0.25, -0.2) is 0 Å². The number of aryl methyl sites for hydroxylation is 1. The molecule has 0 aliphatic rings. The van der Waals surface area contributed by atoms with Crippen LogP contribution in [0.3, 0.4) is 0 Å². The van der Waals surface area contributed by atoms with Crippen molar-refractivity contribution in [3.05, 3.63) is 65.3 Å². The Hall–Kier alpha value is -2.79. The topological polar surface area (TPSA) is 71.2 Å². The summed E-state index contributed by atoms with van der Waals surface area (Å²) >= 11 is 5.96. The minimum atomic E-state index is -0.414. The molecule has 0 atom stereocenters. The van der Waals surface area contributed by atoms with Crippen molar-refractivity contribution in [2.75, 3.05) is 11.9 Å². The van der Waals surface area contributed by atoms with E-state index in [4.69, 9.17) is 16.3 Å². The average molecular weight is 371 g/mol. The number of carbonyl (C=O) groups is 2. The summed E-state index contributed by atoms with van der Waals surface area (Å²) in [6.45, 7) is -0.322. The SMILES string of the molecule is O=C(COC(=O)CCCc1c[nH]c2ccccc12)Nc1ccccc1Cl. The molecule has 0 saturated carbocycles. The molecule has 0 bridgehead atoms. The summed E-state index contributed by atoms with van der Waals surface area (Å²) in [6, 6.07) is 14.9. The third kappa shape index (κ3) is 4.64. The van der Waals surface area contributed by atoms with E-state index >= 15 is 0 Å². The monoisotopic (exact) mass is 370 g/mol. The third-order valence-corrected chi connectivity index (χ3v) is 4.34. The lowest BCUT2D eigenvalue weighted by atomic mass is 10.1. The number of H-pyrrole nitrogens is 1. The van der Waals surface area contributed by atoms with Gasteiger partial charge in [0.2, 0.25) is 0 Å². The van der Waals surface area contributed by atoms with Crippen LogP contribution in [0.15, 0.2) is 54.7 Å². The van der Waals surface area contributed by atoms with Crippen molar-refractivity contribution in [1.29, 1.82) is 0 Å². The molecule has 0 spiro atoms. The van der Waals surface area contributed by atoms with Gasteiger partial charge in [-0.3, -0.25) is 9.59 Å². The molecular weight excluding hydrogens is 352 g/mol. The minimum Gasteiger partial charge on any atom is -0.456 e. The van der Waals surface area contributed by atoms with Gasteiger partial charge in [-0.1, -0.05) is 41.9 Å². The van der Waals surface area contributed by atoms with E-state index in [9.17, 15) is 9.59 Å². The van der Waals surface area contributed by atoms with Crippen LogP contribution in [0.4, 0.5) is 5.69 Å². The maximum Gasteiger partial charge on any atom is 0.306 e. The zero-order valence-electron chi connectivity index (χ0n) is 14.1. The van der Waals surface area contributed by atoms with Crippen LogP contribution in [-0.4, -0.2) is 23.5 Å². The lowest BCUT2D eigenvalue weighted by molar-refractivity contribution is -0.147. The van der Waals surface area contributed by atoms with Crippen LogP contribution < -0.4 is 5.32 Å². The van der Waals surface area contributed by atoms with Gasteiger partial charge < -0.3 is 15.0 Å². The summed E-state index contributed by atoms with van der Waals surface area (Å²) in [7, 11) is 0. The Morgan fingerprint density at radius 2 is 1.85 bits per heavy atom. The number of hydrogen-bond donors (Lipinski definition) is 2. The number of nitrogens with one attached hydrogen (secondary N) is 2. The number of aromatic nitrogens is 1. The van der Waals surface area contributed by atoms with Gasteiger partial charge in [0, 0.05) is 23.5 Å². The molecule has 5 nitrogen and oxygen atoms in total. The summed E-state index contributed by atoms with van der Waals surface area (Å²) < 4.78 is 5.02. The summed E-state index contributed by atoms with van der Waals surface area (Å²) in [5.41, 5.74) is 2.75. The Morgan fingerprint density at radius 3 is 2.69 bits per heavy atom. The normalized spacial score (nSPS) is 10.7. The highest BCUT2D eigenvalue weighted by Gasteiger charge is 2.10. The van der Waals surface area contributed by atoms with Gasteiger partial charge in [-0.15, -0.1) is 0 Å². The van der Waals surface area contributed by atoms with Crippen molar-refractivity contribution in [3.8, 4) is 0 Å². The van der Waals surface area contributed by atoms with Crippen LogP contribution >= 0.6 is 11.6 Å². The number of esters is 1. The number of fused-ring (bicyclic) bond motifs is 1. The predicted molar refractivity (Wildman–Crippen MR) is 102 cm³/mol. The Labute approximate surface area is 156 Å². The van der Waals surface area contributed by atoms with Gasteiger partial charge in [0.05, 0.1) is 10.7 Å². The van der Waals surface area contributed by atoms with Crippen LogP contribution in [0.25, 0.3) is 10.9 Å². The predicted octanol–water partition coefficient (Wildman–Crippen LogP) is 4.33. The second-order valence-corrected chi connectivity index (χ2v) is 6.31. The van der Waals surface area contributed by atoms with E-state index in [1.54, 1.807) is 24.3 Å². The molecule has 6 heteroatoms. The molecule has 0 radical (unpaired) electrons. The third-order valence-electron chi connectivity index (χ3n) is 4.01.